The second-order valence-electron chi connectivity index (χ2n) is 4.08. The van der Waals surface area contributed by atoms with Crippen molar-refractivity contribution in [3.8, 4) is 11.5 Å². The summed E-state index contributed by atoms with van der Waals surface area (Å²) in [5, 5.41) is 11.6. The number of carboxylic acid groups (broad SMARTS) is 1. The van der Waals surface area contributed by atoms with Crippen LogP contribution in [0.4, 0.5) is 0 Å². The molecule has 1 aromatic carbocycles. The number of carbonyl (C=O) groups is 1. The fourth-order valence-corrected chi connectivity index (χ4v) is 1.63. The van der Waals surface area contributed by atoms with Gasteiger partial charge in [-0.05, 0) is 24.6 Å². The Bertz CT molecular complexity index is 423. The Morgan fingerprint density at radius 1 is 1.42 bits per heavy atom. The molecule has 106 valence electrons. The van der Waals surface area contributed by atoms with Crippen molar-refractivity contribution in [2.24, 2.45) is 5.73 Å². The number of rotatable bonds is 8. The number of benzene rings is 1. The predicted molar refractivity (Wildman–Crippen MR) is 71.7 cm³/mol. The smallest absolute Gasteiger partial charge is 0.321 e. The summed E-state index contributed by atoms with van der Waals surface area (Å²) >= 11 is 0. The van der Waals surface area contributed by atoms with E-state index in [0.717, 1.165) is 23.5 Å². The number of methoxy groups -OCH3 is 2. The van der Waals surface area contributed by atoms with Crippen LogP contribution in [0.2, 0.25) is 0 Å². The minimum Gasteiger partial charge on any atom is -0.497 e. The number of aliphatic carboxylic acids is 1. The van der Waals surface area contributed by atoms with Gasteiger partial charge < -0.3 is 25.6 Å². The topological polar surface area (TPSA) is 93.8 Å². The predicted octanol–water partition coefficient (Wildman–Crippen LogP) is 0.248. The van der Waals surface area contributed by atoms with E-state index in [-0.39, 0.29) is 6.54 Å². The summed E-state index contributed by atoms with van der Waals surface area (Å²) in [6.07, 6.45) is 0.722. The third-order valence-electron chi connectivity index (χ3n) is 2.75. The van der Waals surface area contributed by atoms with Gasteiger partial charge in [-0.2, -0.15) is 0 Å². The number of ether oxygens (including phenoxy) is 2. The third-order valence-corrected chi connectivity index (χ3v) is 2.75. The van der Waals surface area contributed by atoms with E-state index in [4.69, 9.17) is 20.3 Å². The number of nitrogens with two attached hydrogens (primary N) is 1. The van der Waals surface area contributed by atoms with Crippen molar-refractivity contribution in [2.75, 3.05) is 27.3 Å². The molecule has 0 aromatic heterocycles. The fourth-order valence-electron chi connectivity index (χ4n) is 1.63. The molecular weight excluding hydrogens is 248 g/mol. The molecule has 1 atom stereocenters. The lowest BCUT2D eigenvalue weighted by Gasteiger charge is -2.12. The van der Waals surface area contributed by atoms with Crippen LogP contribution in [0.15, 0.2) is 18.2 Å². The average Bonchev–Trinajstić information content (AvgIpc) is 2.43. The molecule has 6 nitrogen and oxygen atoms in total. The maximum absolute atomic E-state index is 10.5. The molecule has 0 fully saturated rings. The normalized spacial score (nSPS) is 11.9. The van der Waals surface area contributed by atoms with Gasteiger partial charge in [0.05, 0.1) is 14.2 Å². The molecule has 0 saturated heterocycles. The van der Waals surface area contributed by atoms with Crippen LogP contribution in [-0.4, -0.2) is 44.4 Å². The molecule has 1 rings (SSSR count). The van der Waals surface area contributed by atoms with Crippen LogP contribution < -0.4 is 20.5 Å². The first kappa shape index (κ1) is 15.3. The zero-order valence-corrected chi connectivity index (χ0v) is 11.2. The van der Waals surface area contributed by atoms with Crippen molar-refractivity contribution in [1.82, 2.24) is 5.32 Å². The summed E-state index contributed by atoms with van der Waals surface area (Å²) in [6.45, 7) is 0.872. The van der Waals surface area contributed by atoms with Crippen LogP contribution in [0.3, 0.4) is 0 Å². The molecule has 0 aliphatic carbocycles. The zero-order valence-electron chi connectivity index (χ0n) is 11.2. The van der Waals surface area contributed by atoms with Crippen molar-refractivity contribution in [1.29, 1.82) is 0 Å². The highest BCUT2D eigenvalue weighted by atomic mass is 16.5. The van der Waals surface area contributed by atoms with Crippen LogP contribution >= 0.6 is 0 Å². The zero-order chi connectivity index (χ0) is 14.3. The second-order valence-corrected chi connectivity index (χ2v) is 4.08. The quantitative estimate of drug-likeness (QED) is 0.585. The first-order valence-corrected chi connectivity index (χ1v) is 5.98. The number of hydrogen-bond donors (Lipinski definition) is 3. The molecule has 0 aliphatic rings. The third kappa shape index (κ3) is 4.76. The molecule has 0 aliphatic heterocycles. The molecular formula is C13H20N2O4. The maximum Gasteiger partial charge on any atom is 0.321 e. The first-order valence-electron chi connectivity index (χ1n) is 5.98. The highest BCUT2D eigenvalue weighted by Gasteiger charge is 2.10. The second kappa shape index (κ2) is 7.60. The Hall–Kier alpha value is -1.79. The first-order chi connectivity index (χ1) is 9.08. The standard InChI is InChI=1S/C13H20N2O4/c1-18-10-4-3-9(12(7-10)19-2)5-6-15-8-11(14)13(16)17/h3-4,7,11,15H,5-6,8,14H2,1-2H3,(H,16,17). The minimum atomic E-state index is -1.01. The van der Waals surface area contributed by atoms with Crippen LogP contribution in [0.25, 0.3) is 0 Å². The number of nitrogens with one attached hydrogen (secondary N) is 1. The summed E-state index contributed by atoms with van der Waals surface area (Å²) in [4.78, 5) is 10.5. The van der Waals surface area contributed by atoms with E-state index in [9.17, 15) is 4.79 Å². The summed E-state index contributed by atoms with van der Waals surface area (Å²) in [5.74, 6) is 0.486. The molecule has 0 radical (unpaired) electrons. The largest absolute Gasteiger partial charge is 0.497 e. The molecule has 6 heteroatoms. The monoisotopic (exact) mass is 268 g/mol. The molecule has 4 N–H and O–H groups in total. The molecule has 0 bridgehead atoms. The summed E-state index contributed by atoms with van der Waals surface area (Å²) < 4.78 is 10.4. The van der Waals surface area contributed by atoms with E-state index in [2.05, 4.69) is 5.32 Å². The van der Waals surface area contributed by atoms with Crippen LogP contribution in [0.1, 0.15) is 5.56 Å². The lowest BCUT2D eigenvalue weighted by atomic mass is 10.1. The van der Waals surface area contributed by atoms with Gasteiger partial charge in [0.2, 0.25) is 0 Å². The van der Waals surface area contributed by atoms with Gasteiger partial charge in [-0.25, -0.2) is 0 Å². The molecule has 0 heterocycles. The highest BCUT2D eigenvalue weighted by Crippen LogP contribution is 2.24. The fraction of sp³-hybridized carbons (Fsp3) is 0.462. The summed E-state index contributed by atoms with van der Waals surface area (Å²) in [6, 6.07) is 4.73. The minimum absolute atomic E-state index is 0.244. The van der Waals surface area contributed by atoms with E-state index < -0.39 is 12.0 Å². The number of carboxylic acids is 1. The van der Waals surface area contributed by atoms with Crippen molar-refractivity contribution in [3.63, 3.8) is 0 Å². The summed E-state index contributed by atoms with van der Waals surface area (Å²) in [5.41, 5.74) is 6.41. The van der Waals surface area contributed by atoms with E-state index in [1.807, 2.05) is 18.2 Å². The van der Waals surface area contributed by atoms with Gasteiger partial charge in [0.15, 0.2) is 0 Å². The Balaban J connectivity index is 2.47. The van der Waals surface area contributed by atoms with Crippen molar-refractivity contribution >= 4 is 5.97 Å². The molecule has 0 saturated carbocycles. The van der Waals surface area contributed by atoms with Gasteiger partial charge in [-0.1, -0.05) is 6.07 Å². The van der Waals surface area contributed by atoms with Crippen LogP contribution in [0, 0.1) is 0 Å². The van der Waals surface area contributed by atoms with Gasteiger partial charge >= 0.3 is 5.97 Å². The van der Waals surface area contributed by atoms with Gasteiger partial charge in [-0.15, -0.1) is 0 Å². The van der Waals surface area contributed by atoms with Gasteiger partial charge in [0, 0.05) is 12.6 Å². The Labute approximate surface area is 112 Å². The van der Waals surface area contributed by atoms with Gasteiger partial charge in [-0.3, -0.25) is 4.79 Å². The van der Waals surface area contributed by atoms with Crippen LogP contribution in [-0.2, 0) is 11.2 Å². The summed E-state index contributed by atoms with van der Waals surface area (Å²) in [7, 11) is 3.20. The molecule has 1 unspecified atom stereocenters. The Morgan fingerprint density at radius 2 is 2.16 bits per heavy atom. The van der Waals surface area contributed by atoms with Crippen molar-refractivity contribution in [3.05, 3.63) is 23.8 Å². The van der Waals surface area contributed by atoms with E-state index in [0.29, 0.717) is 6.54 Å². The van der Waals surface area contributed by atoms with E-state index in [1.165, 1.54) is 0 Å². The van der Waals surface area contributed by atoms with Crippen molar-refractivity contribution < 1.29 is 19.4 Å². The Morgan fingerprint density at radius 3 is 2.74 bits per heavy atom. The van der Waals surface area contributed by atoms with E-state index >= 15 is 0 Å². The molecule has 19 heavy (non-hydrogen) atoms. The Kier molecular flexibility index (Phi) is 6.11. The molecule has 0 amide bonds. The lowest BCUT2D eigenvalue weighted by Crippen LogP contribution is -2.40. The van der Waals surface area contributed by atoms with Gasteiger partial charge in [0.1, 0.15) is 17.5 Å². The van der Waals surface area contributed by atoms with Gasteiger partial charge in [0.25, 0.3) is 0 Å². The number of hydrogen-bond acceptors (Lipinski definition) is 5. The molecule has 1 aromatic rings. The molecule has 0 spiro atoms. The maximum atomic E-state index is 10.5. The highest BCUT2D eigenvalue weighted by molar-refractivity contribution is 5.73. The van der Waals surface area contributed by atoms with Crippen LogP contribution in [0.5, 0.6) is 11.5 Å². The van der Waals surface area contributed by atoms with Crippen molar-refractivity contribution in [2.45, 2.75) is 12.5 Å². The van der Waals surface area contributed by atoms with E-state index in [1.54, 1.807) is 14.2 Å². The average molecular weight is 268 g/mol. The lowest BCUT2D eigenvalue weighted by molar-refractivity contribution is -0.138. The SMILES string of the molecule is COc1ccc(CCNCC(N)C(=O)O)c(OC)c1.